The van der Waals surface area contributed by atoms with E-state index in [1.165, 1.54) is 5.56 Å². The number of carbonyl (C=O) groups is 1. The Morgan fingerprint density at radius 2 is 1.56 bits per heavy atom. The van der Waals surface area contributed by atoms with Crippen LogP contribution in [0, 0.1) is 13.8 Å². The number of amides is 1. The van der Waals surface area contributed by atoms with Gasteiger partial charge in [-0.05, 0) is 43.2 Å². The van der Waals surface area contributed by atoms with Crippen molar-refractivity contribution in [3.05, 3.63) is 95.1 Å². The molecule has 2 heterocycles. The van der Waals surface area contributed by atoms with Gasteiger partial charge in [-0.15, -0.1) is 0 Å². The number of hydrogen-bond acceptors (Lipinski definition) is 4. The van der Waals surface area contributed by atoms with E-state index >= 15 is 0 Å². The number of nitrogen functional groups attached to an aromatic ring is 1. The van der Waals surface area contributed by atoms with Crippen LogP contribution < -0.4 is 11.1 Å². The lowest BCUT2D eigenvalue weighted by Crippen LogP contribution is -2.24. The van der Waals surface area contributed by atoms with Gasteiger partial charge in [0.25, 0.3) is 5.91 Å². The van der Waals surface area contributed by atoms with E-state index in [2.05, 4.69) is 5.32 Å². The van der Waals surface area contributed by atoms with Gasteiger partial charge in [-0.25, -0.2) is 9.97 Å². The van der Waals surface area contributed by atoms with E-state index in [-0.39, 0.29) is 5.91 Å². The number of aromatic nitrogens is 3. The van der Waals surface area contributed by atoms with Crippen molar-refractivity contribution in [2.45, 2.75) is 20.4 Å². The van der Waals surface area contributed by atoms with Crippen molar-refractivity contribution in [1.82, 2.24) is 19.9 Å². The maximum absolute atomic E-state index is 13.3. The Balaban J connectivity index is 1.66. The van der Waals surface area contributed by atoms with Crippen LogP contribution in [0.5, 0.6) is 0 Å². The van der Waals surface area contributed by atoms with E-state index in [0.717, 1.165) is 27.8 Å². The Bertz CT molecular complexity index is 1470. The number of carbonyl (C=O) groups excluding carboxylic acids is 1. The van der Waals surface area contributed by atoms with Gasteiger partial charge >= 0.3 is 0 Å². The van der Waals surface area contributed by atoms with Crippen LogP contribution in [-0.4, -0.2) is 20.4 Å². The Labute approximate surface area is 185 Å². The second-order valence-electron chi connectivity index (χ2n) is 7.93. The predicted octanol–water partition coefficient (Wildman–Crippen LogP) is 4.70. The lowest BCUT2D eigenvalue weighted by atomic mass is 10.1. The molecule has 0 radical (unpaired) electrons. The highest BCUT2D eigenvalue weighted by atomic mass is 16.1. The van der Waals surface area contributed by atoms with E-state index in [1.54, 1.807) is 0 Å². The van der Waals surface area contributed by atoms with Gasteiger partial charge < -0.3 is 11.1 Å². The zero-order valence-electron chi connectivity index (χ0n) is 18.0. The van der Waals surface area contributed by atoms with Crippen molar-refractivity contribution >= 4 is 33.9 Å². The van der Waals surface area contributed by atoms with Crippen LogP contribution in [0.3, 0.4) is 0 Å². The number of hydrogen-bond donors (Lipinski definition) is 2. The first-order chi connectivity index (χ1) is 15.5. The number of nitrogens with one attached hydrogen (secondary N) is 1. The molecule has 32 heavy (non-hydrogen) atoms. The first-order valence-corrected chi connectivity index (χ1v) is 10.5. The third-order valence-electron chi connectivity index (χ3n) is 5.65. The average molecular weight is 422 g/mol. The largest absolute Gasteiger partial charge is 0.384 e. The van der Waals surface area contributed by atoms with Gasteiger partial charge in [0.05, 0.1) is 16.7 Å². The quantitative estimate of drug-likeness (QED) is 0.440. The summed E-state index contributed by atoms with van der Waals surface area (Å²) in [6.45, 7) is 4.44. The molecule has 6 nitrogen and oxygen atoms in total. The maximum Gasteiger partial charge on any atom is 0.257 e. The first-order valence-electron chi connectivity index (χ1n) is 10.5. The molecule has 3 aromatic carbocycles. The molecule has 5 rings (SSSR count). The smallest absolute Gasteiger partial charge is 0.257 e. The van der Waals surface area contributed by atoms with E-state index in [4.69, 9.17) is 15.7 Å². The monoisotopic (exact) mass is 421 g/mol. The average Bonchev–Trinajstić information content (AvgIpc) is 3.08. The molecule has 0 aliphatic heterocycles. The van der Waals surface area contributed by atoms with Crippen LogP contribution in [0.25, 0.3) is 27.9 Å². The molecule has 0 unspecified atom stereocenters. The lowest BCUT2D eigenvalue weighted by molar-refractivity contribution is 0.0953. The van der Waals surface area contributed by atoms with Crippen molar-refractivity contribution in [2.75, 3.05) is 5.73 Å². The topological polar surface area (TPSA) is 85.8 Å². The van der Waals surface area contributed by atoms with Crippen molar-refractivity contribution in [3.8, 4) is 5.69 Å². The number of nitrogens with zero attached hydrogens (tertiary/aromatic N) is 3. The molecule has 5 aromatic rings. The predicted molar refractivity (Wildman–Crippen MR) is 128 cm³/mol. The Kier molecular flexibility index (Phi) is 4.82. The van der Waals surface area contributed by atoms with Crippen LogP contribution in [0.15, 0.2) is 72.8 Å². The van der Waals surface area contributed by atoms with Gasteiger partial charge in [0.15, 0.2) is 5.65 Å². The summed E-state index contributed by atoms with van der Waals surface area (Å²) in [6.07, 6.45) is 0. The van der Waals surface area contributed by atoms with E-state index in [1.807, 2.05) is 91.2 Å². The molecule has 0 spiro atoms. The molecule has 1 amide bonds. The maximum atomic E-state index is 13.3. The van der Waals surface area contributed by atoms with Crippen molar-refractivity contribution in [1.29, 1.82) is 0 Å². The van der Waals surface area contributed by atoms with E-state index < -0.39 is 0 Å². The Hall–Kier alpha value is -4.19. The molecule has 0 aliphatic carbocycles. The normalized spacial score (nSPS) is 11.2. The molecule has 6 heteroatoms. The minimum Gasteiger partial charge on any atom is -0.384 e. The van der Waals surface area contributed by atoms with Crippen LogP contribution >= 0.6 is 0 Å². The number of anilines is 1. The van der Waals surface area contributed by atoms with Gasteiger partial charge in [-0.2, -0.15) is 0 Å². The van der Waals surface area contributed by atoms with Crippen LogP contribution in [0.2, 0.25) is 0 Å². The molecule has 0 aliphatic rings. The highest BCUT2D eigenvalue weighted by Gasteiger charge is 2.25. The van der Waals surface area contributed by atoms with Crippen LogP contribution in [0.1, 0.15) is 27.0 Å². The molecule has 0 saturated heterocycles. The third kappa shape index (κ3) is 3.36. The molecule has 158 valence electrons. The van der Waals surface area contributed by atoms with Gasteiger partial charge in [0, 0.05) is 6.54 Å². The summed E-state index contributed by atoms with van der Waals surface area (Å²) in [5, 5.41) is 3.00. The number of benzene rings is 3. The lowest BCUT2D eigenvalue weighted by Gasteiger charge is -2.11. The molecular formula is C26H23N5O. The molecule has 3 N–H and O–H groups in total. The fourth-order valence-corrected chi connectivity index (χ4v) is 3.92. The highest BCUT2D eigenvalue weighted by Crippen LogP contribution is 2.32. The van der Waals surface area contributed by atoms with Gasteiger partial charge in [-0.1, -0.05) is 60.2 Å². The van der Waals surface area contributed by atoms with Gasteiger partial charge in [0.2, 0.25) is 0 Å². The Morgan fingerprint density at radius 1 is 0.906 bits per heavy atom. The summed E-state index contributed by atoms with van der Waals surface area (Å²) in [6, 6.07) is 23.6. The first kappa shape index (κ1) is 19.8. The second-order valence-corrected chi connectivity index (χ2v) is 7.93. The van der Waals surface area contributed by atoms with Crippen molar-refractivity contribution in [3.63, 3.8) is 0 Å². The zero-order valence-corrected chi connectivity index (χ0v) is 18.0. The number of para-hydroxylation sites is 3. The Morgan fingerprint density at radius 3 is 2.28 bits per heavy atom. The summed E-state index contributed by atoms with van der Waals surface area (Å²) in [5.41, 5.74) is 13.5. The minimum absolute atomic E-state index is 0.273. The SMILES string of the molecule is Cc1ccc(CNC(=O)c2c(N)n(-c3ccccc3C)c3nc4ccccc4nc23)cc1. The number of aryl methyl sites for hydroxylation is 2. The third-order valence-corrected chi connectivity index (χ3v) is 5.65. The zero-order chi connectivity index (χ0) is 22.2. The summed E-state index contributed by atoms with van der Waals surface area (Å²) in [7, 11) is 0. The fourth-order valence-electron chi connectivity index (χ4n) is 3.92. The summed E-state index contributed by atoms with van der Waals surface area (Å²) >= 11 is 0. The second kappa shape index (κ2) is 7.81. The van der Waals surface area contributed by atoms with Gasteiger partial charge in [0.1, 0.15) is 16.9 Å². The van der Waals surface area contributed by atoms with Crippen molar-refractivity contribution in [2.24, 2.45) is 0 Å². The minimum atomic E-state index is -0.273. The molecule has 0 bridgehead atoms. The molecule has 0 saturated carbocycles. The standard InChI is InChI=1S/C26H23N5O/c1-16-11-13-18(14-12-16)15-28-26(32)22-23-25(30-20-9-5-4-8-19(20)29-23)31(24(22)27)21-10-6-3-7-17(21)2/h3-14H,15,27H2,1-2H3,(H,28,32). The van der Waals surface area contributed by atoms with Gasteiger partial charge in [-0.3, -0.25) is 9.36 Å². The van der Waals surface area contributed by atoms with E-state index in [9.17, 15) is 4.79 Å². The number of rotatable bonds is 4. The number of fused-ring (bicyclic) bond motifs is 2. The summed E-state index contributed by atoms with van der Waals surface area (Å²) < 4.78 is 1.82. The fraction of sp³-hybridized carbons (Fsp3) is 0.115. The highest BCUT2D eigenvalue weighted by molar-refractivity contribution is 6.11. The summed E-state index contributed by atoms with van der Waals surface area (Å²) in [5.74, 6) is 0.0519. The summed E-state index contributed by atoms with van der Waals surface area (Å²) in [4.78, 5) is 22.9. The molecule has 0 atom stereocenters. The molecular weight excluding hydrogens is 398 g/mol. The molecule has 2 aromatic heterocycles. The van der Waals surface area contributed by atoms with Crippen LogP contribution in [-0.2, 0) is 6.54 Å². The van der Waals surface area contributed by atoms with Crippen LogP contribution in [0.4, 0.5) is 5.82 Å². The van der Waals surface area contributed by atoms with E-state index in [0.29, 0.717) is 29.1 Å². The van der Waals surface area contributed by atoms with Crippen molar-refractivity contribution < 1.29 is 4.79 Å². The number of nitrogens with two attached hydrogens (primary N) is 1. The molecule has 0 fully saturated rings.